The average Bonchev–Trinajstić information content (AvgIpc) is 3.12. The lowest BCUT2D eigenvalue weighted by atomic mass is 10.0. The van der Waals surface area contributed by atoms with Crippen molar-refractivity contribution < 1.29 is 27.6 Å². The van der Waals surface area contributed by atoms with Crippen LogP contribution in [0.3, 0.4) is 0 Å². The third-order valence-corrected chi connectivity index (χ3v) is 7.20. The van der Waals surface area contributed by atoms with E-state index in [9.17, 15) is 27.6 Å². The van der Waals surface area contributed by atoms with Crippen molar-refractivity contribution in [3.63, 3.8) is 0 Å². The number of nitriles is 1. The molecule has 10 heteroatoms. The molecule has 0 radical (unpaired) electrons. The van der Waals surface area contributed by atoms with Crippen LogP contribution in [0, 0.1) is 18.3 Å². The van der Waals surface area contributed by atoms with Crippen molar-refractivity contribution >= 4 is 23.4 Å². The first kappa shape index (κ1) is 28.0. The van der Waals surface area contributed by atoms with Crippen LogP contribution in [0.2, 0.25) is 0 Å². The maximum atomic E-state index is 13.4. The van der Waals surface area contributed by atoms with E-state index in [4.69, 9.17) is 5.26 Å². The topological polar surface area (TPSA) is 84.7 Å². The molecule has 39 heavy (non-hydrogen) atoms. The fraction of sp³-hybridized carbons (Fsp3) is 0.379. The average molecular weight is 539 g/mol. The number of halogens is 3. The molecule has 4 rings (SSSR count). The van der Waals surface area contributed by atoms with E-state index in [2.05, 4.69) is 4.90 Å². The Morgan fingerprint density at radius 3 is 2.33 bits per heavy atom. The summed E-state index contributed by atoms with van der Waals surface area (Å²) in [5.74, 6) is -1.25. The summed E-state index contributed by atoms with van der Waals surface area (Å²) in [6.07, 6.45) is -3.07. The number of carbonyl (C=O) groups excluding carboxylic acids is 3. The van der Waals surface area contributed by atoms with Crippen molar-refractivity contribution in [1.29, 1.82) is 5.26 Å². The Hall–Kier alpha value is -3.97. The Labute approximate surface area is 225 Å². The van der Waals surface area contributed by atoms with Gasteiger partial charge in [-0.25, -0.2) is 4.90 Å². The van der Waals surface area contributed by atoms with E-state index in [1.165, 1.54) is 19.1 Å². The Kier molecular flexibility index (Phi) is 8.21. The fourth-order valence-corrected chi connectivity index (χ4v) is 4.99. The zero-order valence-corrected chi connectivity index (χ0v) is 21.8. The fourth-order valence-electron chi connectivity index (χ4n) is 4.99. The first-order valence-corrected chi connectivity index (χ1v) is 12.8. The summed E-state index contributed by atoms with van der Waals surface area (Å²) < 4.78 is 40.2. The minimum Gasteiger partial charge on any atom is -0.336 e. The van der Waals surface area contributed by atoms with Crippen LogP contribution < -0.4 is 4.90 Å². The molecule has 3 amide bonds. The van der Waals surface area contributed by atoms with Crippen LogP contribution in [-0.2, 0) is 15.8 Å². The highest BCUT2D eigenvalue weighted by Crippen LogP contribution is 2.36. The molecule has 0 aliphatic carbocycles. The third-order valence-electron chi connectivity index (χ3n) is 7.20. The number of benzene rings is 2. The number of aryl methyl sites for hydroxylation is 1. The van der Waals surface area contributed by atoms with Gasteiger partial charge in [0.2, 0.25) is 0 Å². The molecule has 0 saturated carbocycles. The zero-order valence-electron chi connectivity index (χ0n) is 21.8. The second-order valence-corrected chi connectivity index (χ2v) is 9.85. The molecular weight excluding hydrogens is 509 g/mol. The minimum atomic E-state index is -4.79. The lowest BCUT2D eigenvalue weighted by Gasteiger charge is -2.34. The van der Waals surface area contributed by atoms with Gasteiger partial charge in [0, 0.05) is 42.9 Å². The van der Waals surface area contributed by atoms with E-state index in [-0.39, 0.29) is 17.2 Å². The summed E-state index contributed by atoms with van der Waals surface area (Å²) >= 11 is 0. The molecule has 0 atom stereocenters. The predicted octanol–water partition coefficient (Wildman–Crippen LogP) is 4.70. The van der Waals surface area contributed by atoms with E-state index < -0.39 is 29.1 Å². The molecule has 0 unspecified atom stereocenters. The molecule has 2 aliphatic rings. The van der Waals surface area contributed by atoms with E-state index in [1.54, 1.807) is 0 Å². The van der Waals surface area contributed by atoms with Gasteiger partial charge >= 0.3 is 6.18 Å². The summed E-state index contributed by atoms with van der Waals surface area (Å²) in [6, 6.07) is 11.9. The maximum Gasteiger partial charge on any atom is 0.417 e. The lowest BCUT2D eigenvalue weighted by molar-refractivity contribution is -0.138. The van der Waals surface area contributed by atoms with Crippen LogP contribution in [-0.4, -0.2) is 60.2 Å². The zero-order chi connectivity index (χ0) is 28.3. The molecule has 2 aromatic rings. The SMILES string of the molecule is CC1=C(CCCCN2CCN(C(=O)c3cccc(C)c3)CC2)C(=O)N(c2ccc(C#N)c(C(F)(F)F)c2)C1=O. The second kappa shape index (κ2) is 11.4. The Morgan fingerprint density at radius 2 is 1.69 bits per heavy atom. The van der Waals surface area contributed by atoms with E-state index >= 15 is 0 Å². The van der Waals surface area contributed by atoms with Gasteiger partial charge in [-0.05, 0) is 70.0 Å². The van der Waals surface area contributed by atoms with E-state index in [0.29, 0.717) is 43.1 Å². The smallest absolute Gasteiger partial charge is 0.336 e. The number of unbranched alkanes of at least 4 members (excludes halogenated alkanes) is 1. The number of rotatable bonds is 7. The number of alkyl halides is 3. The van der Waals surface area contributed by atoms with Gasteiger partial charge < -0.3 is 4.90 Å². The van der Waals surface area contributed by atoms with Crippen LogP contribution in [0.5, 0.6) is 0 Å². The number of anilines is 1. The Balaban J connectivity index is 1.29. The van der Waals surface area contributed by atoms with Crippen molar-refractivity contribution in [1.82, 2.24) is 9.80 Å². The third kappa shape index (κ3) is 6.04. The van der Waals surface area contributed by atoms with Crippen LogP contribution in [0.15, 0.2) is 53.6 Å². The monoisotopic (exact) mass is 538 g/mol. The number of carbonyl (C=O) groups is 3. The standard InChI is InChI=1S/C29H29F3N4O3/c1-19-6-5-7-21(16-19)27(38)35-14-12-34(13-15-35)11-4-3-8-24-20(2)26(37)36(28(24)39)23-10-9-22(18-33)25(17-23)29(30,31)32/h5-7,9-10,16-17H,3-4,8,11-15H2,1-2H3. The first-order chi connectivity index (χ1) is 18.5. The van der Waals surface area contributed by atoms with Crippen LogP contribution in [0.25, 0.3) is 0 Å². The number of hydrogen-bond donors (Lipinski definition) is 0. The van der Waals surface area contributed by atoms with Crippen LogP contribution >= 0.6 is 0 Å². The summed E-state index contributed by atoms with van der Waals surface area (Å²) in [5, 5.41) is 9.01. The van der Waals surface area contributed by atoms with Crippen molar-refractivity contribution in [2.75, 3.05) is 37.6 Å². The molecule has 0 bridgehead atoms. The molecule has 0 aromatic heterocycles. The second-order valence-electron chi connectivity index (χ2n) is 9.85. The van der Waals surface area contributed by atoms with Gasteiger partial charge in [0.15, 0.2) is 0 Å². The summed E-state index contributed by atoms with van der Waals surface area (Å²) in [5.41, 5.74) is 0.285. The number of imide groups is 1. The molecule has 0 N–H and O–H groups in total. The molecule has 2 aliphatic heterocycles. The number of amides is 3. The molecule has 2 heterocycles. The molecule has 1 saturated heterocycles. The maximum absolute atomic E-state index is 13.4. The van der Waals surface area contributed by atoms with Crippen molar-refractivity contribution in [2.45, 2.75) is 39.3 Å². The number of piperazine rings is 1. The Bertz CT molecular complexity index is 1370. The predicted molar refractivity (Wildman–Crippen MR) is 139 cm³/mol. The van der Waals surface area contributed by atoms with Crippen LogP contribution in [0.4, 0.5) is 18.9 Å². The minimum absolute atomic E-state index is 0.0272. The summed E-state index contributed by atoms with van der Waals surface area (Å²) in [6.45, 7) is 6.97. The molecule has 204 valence electrons. The largest absolute Gasteiger partial charge is 0.417 e. The number of hydrogen-bond acceptors (Lipinski definition) is 5. The highest BCUT2D eigenvalue weighted by atomic mass is 19.4. The first-order valence-electron chi connectivity index (χ1n) is 12.8. The molecular formula is C29H29F3N4O3. The van der Waals surface area contributed by atoms with Gasteiger partial charge in [-0.3, -0.25) is 19.3 Å². The summed E-state index contributed by atoms with van der Waals surface area (Å²) in [7, 11) is 0. The number of nitrogens with zero attached hydrogens (tertiary/aromatic N) is 4. The van der Waals surface area contributed by atoms with E-state index in [1.807, 2.05) is 36.1 Å². The van der Waals surface area contributed by atoms with E-state index in [0.717, 1.165) is 42.6 Å². The normalized spacial score (nSPS) is 16.7. The van der Waals surface area contributed by atoms with Crippen LogP contribution in [0.1, 0.15) is 53.2 Å². The highest BCUT2D eigenvalue weighted by molar-refractivity contribution is 6.32. The highest BCUT2D eigenvalue weighted by Gasteiger charge is 2.39. The van der Waals surface area contributed by atoms with Crippen molar-refractivity contribution in [3.05, 3.63) is 75.9 Å². The van der Waals surface area contributed by atoms with Crippen molar-refractivity contribution in [3.8, 4) is 6.07 Å². The molecule has 0 spiro atoms. The van der Waals surface area contributed by atoms with Gasteiger partial charge in [-0.1, -0.05) is 17.7 Å². The van der Waals surface area contributed by atoms with Crippen molar-refractivity contribution in [2.24, 2.45) is 0 Å². The quantitative estimate of drug-likeness (QED) is 0.377. The lowest BCUT2D eigenvalue weighted by Crippen LogP contribution is -2.48. The Morgan fingerprint density at radius 1 is 0.974 bits per heavy atom. The van der Waals surface area contributed by atoms with Gasteiger partial charge in [-0.2, -0.15) is 18.4 Å². The molecule has 1 fully saturated rings. The molecule has 2 aromatic carbocycles. The molecule has 7 nitrogen and oxygen atoms in total. The van der Waals surface area contributed by atoms with Gasteiger partial charge in [0.05, 0.1) is 22.9 Å². The van der Waals surface area contributed by atoms with Gasteiger partial charge in [0.1, 0.15) is 0 Å². The summed E-state index contributed by atoms with van der Waals surface area (Å²) in [4.78, 5) is 43.4. The van der Waals surface area contributed by atoms with Gasteiger partial charge in [-0.15, -0.1) is 0 Å². The van der Waals surface area contributed by atoms with Gasteiger partial charge in [0.25, 0.3) is 17.7 Å².